The molecule has 0 amide bonds. The molecule has 1 aromatic rings. The molecule has 19 heavy (non-hydrogen) atoms. The van der Waals surface area contributed by atoms with Gasteiger partial charge in [0.1, 0.15) is 0 Å². The standard InChI is InChI=1S/C13H19NO4S/c1-9-6-11(13(3,4)5)7-10(2)12(9)19(17,18)8-14(15)16/h6-7H,8H2,1-5H3. The fourth-order valence-electron chi connectivity index (χ4n) is 2.08. The van der Waals surface area contributed by atoms with E-state index in [1.165, 1.54) is 0 Å². The summed E-state index contributed by atoms with van der Waals surface area (Å²) in [6.07, 6.45) is 0. The Labute approximate surface area is 113 Å². The van der Waals surface area contributed by atoms with Crippen molar-refractivity contribution in [3.05, 3.63) is 38.9 Å². The van der Waals surface area contributed by atoms with Gasteiger partial charge in [-0.1, -0.05) is 32.9 Å². The molecule has 0 fully saturated rings. The Hall–Kier alpha value is -1.43. The molecule has 106 valence electrons. The monoisotopic (exact) mass is 285 g/mol. The first-order chi connectivity index (χ1) is 8.45. The molecule has 0 spiro atoms. The van der Waals surface area contributed by atoms with Crippen molar-refractivity contribution in [2.45, 2.75) is 44.9 Å². The number of nitrogens with zero attached hydrogens (tertiary/aromatic N) is 1. The summed E-state index contributed by atoms with van der Waals surface area (Å²) in [6.45, 7) is 9.45. The average Bonchev–Trinajstić information content (AvgIpc) is 2.11. The third-order valence-corrected chi connectivity index (χ3v) is 4.73. The Morgan fingerprint density at radius 2 is 1.58 bits per heavy atom. The summed E-state index contributed by atoms with van der Waals surface area (Å²) in [6, 6.07) is 3.58. The van der Waals surface area contributed by atoms with E-state index in [4.69, 9.17) is 0 Å². The van der Waals surface area contributed by atoms with Crippen molar-refractivity contribution in [2.24, 2.45) is 0 Å². The van der Waals surface area contributed by atoms with Crippen molar-refractivity contribution >= 4 is 9.84 Å². The molecule has 6 heteroatoms. The average molecular weight is 285 g/mol. The van der Waals surface area contributed by atoms with Crippen molar-refractivity contribution < 1.29 is 13.3 Å². The lowest BCUT2D eigenvalue weighted by Gasteiger charge is -2.21. The number of nitro groups is 1. The number of hydrogen-bond donors (Lipinski definition) is 0. The number of hydrogen-bond acceptors (Lipinski definition) is 4. The minimum absolute atomic E-state index is 0.0807. The Morgan fingerprint density at radius 1 is 1.16 bits per heavy atom. The SMILES string of the molecule is Cc1cc(C(C)(C)C)cc(C)c1S(=O)(=O)C[N+](=O)[O-]. The second-order valence-electron chi connectivity index (χ2n) is 5.77. The maximum absolute atomic E-state index is 12.0. The largest absolute Gasteiger partial charge is 0.305 e. The highest BCUT2D eigenvalue weighted by Crippen LogP contribution is 2.29. The molecule has 0 bridgehead atoms. The number of sulfone groups is 1. The van der Waals surface area contributed by atoms with Crippen LogP contribution in [0.1, 0.15) is 37.5 Å². The van der Waals surface area contributed by atoms with Crippen LogP contribution in [0, 0.1) is 24.0 Å². The lowest BCUT2D eigenvalue weighted by molar-refractivity contribution is -0.458. The molecule has 0 aliphatic heterocycles. The van der Waals surface area contributed by atoms with Gasteiger partial charge in [-0.15, -0.1) is 0 Å². The van der Waals surface area contributed by atoms with E-state index < -0.39 is 20.6 Å². The summed E-state index contributed by atoms with van der Waals surface area (Å²) < 4.78 is 24.0. The van der Waals surface area contributed by atoms with E-state index in [1.807, 2.05) is 20.8 Å². The summed E-state index contributed by atoms with van der Waals surface area (Å²) in [4.78, 5) is 9.73. The molecule has 0 unspecified atom stereocenters. The van der Waals surface area contributed by atoms with E-state index in [-0.39, 0.29) is 10.3 Å². The molecule has 0 saturated carbocycles. The van der Waals surface area contributed by atoms with Crippen molar-refractivity contribution in [3.63, 3.8) is 0 Å². The Kier molecular flexibility index (Phi) is 4.05. The quantitative estimate of drug-likeness (QED) is 0.631. The first-order valence-electron chi connectivity index (χ1n) is 5.91. The van der Waals surface area contributed by atoms with Gasteiger partial charge in [-0.2, -0.15) is 0 Å². The van der Waals surface area contributed by atoms with Gasteiger partial charge in [-0.05, 0) is 36.0 Å². The van der Waals surface area contributed by atoms with E-state index in [2.05, 4.69) is 0 Å². The van der Waals surface area contributed by atoms with Gasteiger partial charge in [0.15, 0.2) is 0 Å². The van der Waals surface area contributed by atoms with Crippen molar-refractivity contribution in [1.29, 1.82) is 0 Å². The highest BCUT2D eigenvalue weighted by Gasteiger charge is 2.27. The van der Waals surface area contributed by atoms with Crippen molar-refractivity contribution in [2.75, 3.05) is 5.88 Å². The minimum atomic E-state index is -3.88. The minimum Gasteiger partial charge on any atom is -0.263 e. The highest BCUT2D eigenvalue weighted by atomic mass is 32.2. The third kappa shape index (κ3) is 3.53. The molecule has 1 rings (SSSR count). The van der Waals surface area contributed by atoms with Gasteiger partial charge in [-0.25, -0.2) is 8.42 Å². The molecular weight excluding hydrogens is 266 g/mol. The van der Waals surface area contributed by atoms with Crippen LogP contribution in [0.3, 0.4) is 0 Å². The fraction of sp³-hybridized carbons (Fsp3) is 0.538. The van der Waals surface area contributed by atoms with Gasteiger partial charge in [0.25, 0.3) is 0 Å². The summed E-state index contributed by atoms with van der Waals surface area (Å²) in [5, 5.41) is 10.5. The van der Waals surface area contributed by atoms with Crippen LogP contribution in [0.4, 0.5) is 0 Å². The molecule has 0 aromatic heterocycles. The van der Waals surface area contributed by atoms with Gasteiger partial charge in [0.05, 0.1) is 4.90 Å². The summed E-state index contributed by atoms with van der Waals surface area (Å²) >= 11 is 0. The maximum atomic E-state index is 12.0. The smallest absolute Gasteiger partial charge is 0.263 e. The molecule has 0 saturated heterocycles. The van der Waals surface area contributed by atoms with Gasteiger partial charge in [0, 0.05) is 4.92 Å². The summed E-state index contributed by atoms with van der Waals surface area (Å²) in [5.74, 6) is -1.07. The van der Waals surface area contributed by atoms with Crippen LogP contribution in [-0.2, 0) is 15.3 Å². The number of benzene rings is 1. The topological polar surface area (TPSA) is 77.3 Å². The zero-order chi connectivity index (χ0) is 15.0. The predicted molar refractivity (Wildman–Crippen MR) is 73.7 cm³/mol. The fourth-order valence-corrected chi connectivity index (χ4v) is 3.58. The molecule has 0 N–H and O–H groups in total. The van der Waals surface area contributed by atoms with Gasteiger partial charge in [-0.3, -0.25) is 10.1 Å². The third-order valence-electron chi connectivity index (χ3n) is 2.91. The first kappa shape index (κ1) is 15.6. The normalized spacial score (nSPS) is 12.5. The lowest BCUT2D eigenvalue weighted by Crippen LogP contribution is -2.18. The number of rotatable bonds is 3. The van der Waals surface area contributed by atoms with Crippen molar-refractivity contribution in [1.82, 2.24) is 0 Å². The van der Waals surface area contributed by atoms with E-state index in [0.29, 0.717) is 11.1 Å². The predicted octanol–water partition coefficient (Wildman–Crippen LogP) is 2.61. The molecule has 0 aliphatic carbocycles. The Balaban J connectivity index is 3.45. The zero-order valence-corrected chi connectivity index (χ0v) is 12.7. The van der Waals surface area contributed by atoms with Gasteiger partial charge < -0.3 is 0 Å². The first-order valence-corrected chi connectivity index (χ1v) is 7.56. The van der Waals surface area contributed by atoms with E-state index in [1.54, 1.807) is 26.0 Å². The zero-order valence-electron chi connectivity index (χ0n) is 11.9. The summed E-state index contributed by atoms with van der Waals surface area (Å²) in [5.41, 5.74) is 2.04. The van der Waals surface area contributed by atoms with Gasteiger partial charge in [0.2, 0.25) is 9.84 Å². The Bertz CT molecular complexity index is 589. The molecule has 0 aliphatic rings. The van der Waals surface area contributed by atoms with Crippen LogP contribution in [0.15, 0.2) is 17.0 Å². The van der Waals surface area contributed by atoms with Gasteiger partial charge >= 0.3 is 5.88 Å². The van der Waals surface area contributed by atoms with Crippen LogP contribution in [0.5, 0.6) is 0 Å². The van der Waals surface area contributed by atoms with E-state index >= 15 is 0 Å². The van der Waals surface area contributed by atoms with Crippen LogP contribution in [0.2, 0.25) is 0 Å². The Morgan fingerprint density at radius 3 is 1.89 bits per heavy atom. The van der Waals surface area contributed by atoms with E-state index in [0.717, 1.165) is 5.56 Å². The molecule has 5 nitrogen and oxygen atoms in total. The molecule has 0 radical (unpaired) electrons. The lowest BCUT2D eigenvalue weighted by atomic mass is 9.85. The second kappa shape index (κ2) is 4.92. The molecule has 1 aromatic carbocycles. The molecule has 0 heterocycles. The second-order valence-corrected chi connectivity index (χ2v) is 7.66. The van der Waals surface area contributed by atoms with E-state index in [9.17, 15) is 18.5 Å². The van der Waals surface area contributed by atoms with Crippen molar-refractivity contribution in [3.8, 4) is 0 Å². The summed E-state index contributed by atoms with van der Waals surface area (Å²) in [7, 11) is -3.88. The van der Waals surface area contributed by atoms with Crippen LogP contribution in [-0.4, -0.2) is 19.2 Å². The number of aryl methyl sites for hydroxylation is 2. The van der Waals surface area contributed by atoms with Crippen LogP contribution < -0.4 is 0 Å². The molecular formula is C13H19NO4S. The van der Waals surface area contributed by atoms with Crippen LogP contribution >= 0.6 is 0 Å². The highest BCUT2D eigenvalue weighted by molar-refractivity contribution is 7.91. The van der Waals surface area contributed by atoms with Crippen LogP contribution in [0.25, 0.3) is 0 Å². The molecule has 0 atom stereocenters. The maximum Gasteiger partial charge on any atom is 0.305 e.